The number of hydrogen-bond donors (Lipinski definition) is 1. The van der Waals surface area contributed by atoms with Gasteiger partial charge in [0.25, 0.3) is 10.1 Å². The Bertz CT molecular complexity index is 915. The Hall–Kier alpha value is -1.05. The fourth-order valence-corrected chi connectivity index (χ4v) is 4.62. The van der Waals surface area contributed by atoms with Crippen LogP contribution in [0.25, 0.3) is 0 Å². The second-order valence-corrected chi connectivity index (χ2v) is 9.82. The summed E-state index contributed by atoms with van der Waals surface area (Å²) in [6, 6.07) is 10.7. The fraction of sp³-hybridized carbons (Fsp3) is 0.538. The van der Waals surface area contributed by atoms with Crippen molar-refractivity contribution in [2.45, 2.75) is 95.3 Å². The van der Waals surface area contributed by atoms with Gasteiger partial charge in [-0.2, -0.15) is 8.42 Å². The van der Waals surface area contributed by atoms with Crippen molar-refractivity contribution in [3.63, 3.8) is 0 Å². The van der Waals surface area contributed by atoms with Crippen molar-refractivity contribution in [3.05, 3.63) is 48.0 Å². The molecule has 0 saturated heterocycles. The molecule has 0 amide bonds. The molecule has 7 heteroatoms. The summed E-state index contributed by atoms with van der Waals surface area (Å²) in [5.74, 6) is 0.326. The van der Waals surface area contributed by atoms with Crippen LogP contribution in [0.15, 0.2) is 47.4 Å². The smallest absolute Gasteiger partial charge is 0.870 e. The summed E-state index contributed by atoms with van der Waals surface area (Å²) >= 11 is 0. The van der Waals surface area contributed by atoms with Crippen molar-refractivity contribution in [1.82, 2.24) is 0 Å². The second kappa shape index (κ2) is 16.6. The molecule has 2 aromatic rings. The van der Waals surface area contributed by atoms with Crippen LogP contribution in [-0.4, -0.2) is 13.0 Å². The van der Waals surface area contributed by atoms with Crippen LogP contribution < -0.4 is 39.4 Å². The molecule has 0 aliphatic heterocycles. The van der Waals surface area contributed by atoms with Gasteiger partial charge in [0.15, 0.2) is 0 Å². The maximum atomic E-state index is 11.9. The van der Waals surface area contributed by atoms with Gasteiger partial charge in [-0.1, -0.05) is 102 Å². The van der Waals surface area contributed by atoms with E-state index >= 15 is 0 Å². The third-order valence-electron chi connectivity index (χ3n) is 5.69. The summed E-state index contributed by atoms with van der Waals surface area (Å²) < 4.78 is 38.7. The van der Waals surface area contributed by atoms with E-state index in [1.54, 1.807) is 24.3 Å². The third kappa shape index (κ3) is 11.8. The summed E-state index contributed by atoms with van der Waals surface area (Å²) in [7, 11) is -4.31. The van der Waals surface area contributed by atoms with Crippen LogP contribution in [0.3, 0.4) is 0 Å². The molecular formula is C26H37NaO5S. The summed E-state index contributed by atoms with van der Waals surface area (Å²) in [6.45, 7) is 2.24. The van der Waals surface area contributed by atoms with Crippen LogP contribution in [-0.2, 0) is 16.5 Å². The van der Waals surface area contributed by atoms with Gasteiger partial charge in [0, 0.05) is 0 Å². The predicted octanol–water partition coefficient (Wildman–Crippen LogP) is 4.05. The van der Waals surface area contributed by atoms with Gasteiger partial charge >= 0.3 is 29.6 Å². The monoisotopic (exact) mass is 484 g/mol. The summed E-state index contributed by atoms with van der Waals surface area (Å²) in [4.78, 5) is -0.0941. The minimum atomic E-state index is -4.31. The summed E-state index contributed by atoms with van der Waals surface area (Å²) in [5.41, 5.74) is 0.514. The van der Waals surface area contributed by atoms with Gasteiger partial charge in [-0.25, -0.2) is 0 Å². The van der Waals surface area contributed by atoms with Crippen molar-refractivity contribution in [2.75, 3.05) is 0 Å². The quantitative estimate of drug-likeness (QED) is 0.221. The minimum Gasteiger partial charge on any atom is -0.870 e. The van der Waals surface area contributed by atoms with Crippen LogP contribution in [0.1, 0.15) is 89.5 Å². The van der Waals surface area contributed by atoms with Gasteiger partial charge in [-0.15, -0.1) is 0 Å². The molecule has 0 saturated carbocycles. The molecule has 0 atom stereocenters. The maximum absolute atomic E-state index is 11.9. The van der Waals surface area contributed by atoms with Crippen molar-refractivity contribution < 1.29 is 52.4 Å². The predicted molar refractivity (Wildman–Crippen MR) is 127 cm³/mol. The molecule has 1 N–H and O–H groups in total. The average molecular weight is 485 g/mol. The van der Waals surface area contributed by atoms with Gasteiger partial charge < -0.3 is 9.84 Å². The molecule has 0 aliphatic rings. The van der Waals surface area contributed by atoms with Crippen LogP contribution in [0.5, 0.6) is 17.2 Å². The normalized spacial score (nSPS) is 11.2. The van der Waals surface area contributed by atoms with E-state index in [0.29, 0.717) is 17.7 Å². The van der Waals surface area contributed by atoms with E-state index in [-0.39, 0.29) is 46.0 Å². The van der Waals surface area contributed by atoms with Crippen LogP contribution in [0, 0.1) is 0 Å². The Kier molecular flexibility index (Phi) is 15.0. The molecular weight excluding hydrogens is 447 g/mol. The Labute approximate surface area is 222 Å². The van der Waals surface area contributed by atoms with Crippen LogP contribution in [0.2, 0.25) is 0 Å². The van der Waals surface area contributed by atoms with E-state index in [1.165, 1.54) is 76.0 Å². The number of rotatable bonds is 16. The van der Waals surface area contributed by atoms with Gasteiger partial charge in [0.1, 0.15) is 11.5 Å². The zero-order chi connectivity index (χ0) is 23.2. The van der Waals surface area contributed by atoms with E-state index in [9.17, 15) is 18.1 Å². The molecule has 0 spiro atoms. The molecule has 0 fully saturated rings. The third-order valence-corrected chi connectivity index (χ3v) is 6.64. The number of aryl methyl sites for hydroxylation is 1. The van der Waals surface area contributed by atoms with E-state index in [4.69, 9.17) is 4.74 Å². The summed E-state index contributed by atoms with van der Waals surface area (Å²) in [5, 5.41) is 11.9. The number of benzene rings is 2. The molecule has 0 aliphatic carbocycles. The standard InChI is InChI=1S/C26H38O5S.Na/c1-2-3-4-5-6-7-8-9-10-11-12-13-16-22-21-23(19-20-26(22)32(28,29)30)31-25-18-15-14-17-24(25)27;/h14-15,17-21,27H,2-13,16H2,1H3,(H,28,29,30);/q;+1/p-1. The molecule has 0 heterocycles. The minimum absolute atomic E-state index is 0. The Balaban J connectivity index is 0.00000544. The Morgan fingerprint density at radius 3 is 1.91 bits per heavy atom. The first-order valence-corrected chi connectivity index (χ1v) is 13.4. The molecule has 178 valence electrons. The van der Waals surface area contributed by atoms with Gasteiger partial charge in [0.05, 0.1) is 4.90 Å². The maximum Gasteiger partial charge on any atom is 1.00 e. The first kappa shape index (κ1) is 30.0. The molecule has 0 aromatic heterocycles. The fourth-order valence-electron chi connectivity index (χ4n) is 3.88. The largest absolute Gasteiger partial charge is 1.00 e. The van der Waals surface area contributed by atoms with Crippen molar-refractivity contribution in [2.24, 2.45) is 0 Å². The molecule has 2 rings (SSSR count). The van der Waals surface area contributed by atoms with Crippen molar-refractivity contribution in [3.8, 4) is 17.2 Å². The van der Waals surface area contributed by atoms with E-state index in [1.807, 2.05) is 0 Å². The Morgan fingerprint density at radius 2 is 1.36 bits per heavy atom. The van der Waals surface area contributed by atoms with Crippen molar-refractivity contribution >= 4 is 10.1 Å². The number of unbranched alkanes of at least 4 members (excludes halogenated alkanes) is 11. The zero-order valence-corrected chi connectivity index (χ0v) is 23.0. The van der Waals surface area contributed by atoms with Crippen LogP contribution >= 0.6 is 0 Å². The topological polar surface area (TPSA) is 86.7 Å². The SMILES string of the molecule is CCCCCCCCCCCCCCc1cc(Oc2ccccc2[O-])ccc1S(=O)(=O)O.[Na+]. The average Bonchev–Trinajstić information content (AvgIpc) is 2.75. The zero-order valence-electron chi connectivity index (χ0n) is 20.2. The first-order valence-electron chi connectivity index (χ1n) is 12.0. The van der Waals surface area contributed by atoms with Crippen LogP contribution in [0.4, 0.5) is 0 Å². The van der Waals surface area contributed by atoms with E-state index in [0.717, 1.165) is 19.3 Å². The summed E-state index contributed by atoms with van der Waals surface area (Å²) in [6.07, 6.45) is 15.2. The molecule has 0 unspecified atom stereocenters. The molecule has 0 bridgehead atoms. The number of para-hydroxylation sites is 2. The molecule has 2 aromatic carbocycles. The molecule has 5 nitrogen and oxygen atoms in total. The molecule has 0 radical (unpaired) electrons. The van der Waals surface area contributed by atoms with Gasteiger partial charge in [-0.05, 0) is 42.7 Å². The van der Waals surface area contributed by atoms with E-state index in [2.05, 4.69) is 6.92 Å². The van der Waals surface area contributed by atoms with E-state index < -0.39 is 10.1 Å². The number of ether oxygens (including phenoxy) is 1. The van der Waals surface area contributed by atoms with Crippen molar-refractivity contribution in [1.29, 1.82) is 0 Å². The Morgan fingerprint density at radius 1 is 0.818 bits per heavy atom. The number of hydrogen-bond acceptors (Lipinski definition) is 4. The molecule has 33 heavy (non-hydrogen) atoms. The second-order valence-electron chi connectivity index (χ2n) is 8.43. The van der Waals surface area contributed by atoms with Gasteiger partial charge in [0.2, 0.25) is 0 Å². The first-order chi connectivity index (χ1) is 15.4. The van der Waals surface area contributed by atoms with Gasteiger partial charge in [-0.3, -0.25) is 4.55 Å².